The van der Waals surface area contributed by atoms with E-state index in [0.29, 0.717) is 32.2 Å². The topological polar surface area (TPSA) is 213 Å². The van der Waals surface area contributed by atoms with E-state index < -0.39 is 69.8 Å². The SMILES string of the molecule is CC(C)(C)OC(=O)CN(CCN(CC(=O)OC(C)(C)C)[C@@H](CC(CCCCCC(=O)NCCc1cnc[nH]1)[N+](=O)[O-])C(=O)OC(C)(C)C)CC(=O)OC(C)(C)C. The van der Waals surface area contributed by atoms with Crippen LogP contribution in [0.3, 0.4) is 0 Å². The summed E-state index contributed by atoms with van der Waals surface area (Å²) >= 11 is 0. The minimum absolute atomic E-state index is 0.0341. The van der Waals surface area contributed by atoms with Gasteiger partial charge in [-0.1, -0.05) is 6.42 Å². The average Bonchev–Trinajstić information content (AvgIpc) is 3.50. The second-order valence-electron chi connectivity index (χ2n) is 17.9. The Morgan fingerprint density at radius 3 is 1.75 bits per heavy atom. The molecule has 0 spiro atoms. The fraction of sp³-hybridized carbons (Fsp3) is 0.795. The zero-order valence-electron chi connectivity index (χ0n) is 35.8. The third-order valence-electron chi connectivity index (χ3n) is 7.63. The number of hydrogen-bond donors (Lipinski definition) is 2. The van der Waals surface area contributed by atoms with Crippen LogP contribution < -0.4 is 5.32 Å². The number of hydrogen-bond acceptors (Lipinski definition) is 14. The number of carbonyl (C=O) groups excluding carboxylic acids is 5. The van der Waals surface area contributed by atoms with Gasteiger partial charge in [0.25, 0.3) is 0 Å². The number of esters is 4. The molecule has 0 saturated carbocycles. The van der Waals surface area contributed by atoms with Gasteiger partial charge in [-0.25, -0.2) is 4.98 Å². The normalized spacial score (nSPS) is 13.5. The standard InChI is InChI=1S/C39H68N6O11/c1-36(2,3)53-32(47)24-43(25-33(48)54-37(4,5)6)20-21-44(26-34(49)55-38(7,8)9)30(35(50)56-39(10,11)12)22-29(45(51)52)16-14-13-15-17-31(46)41-19-18-28-23-40-27-42-28/h23,27,29-30H,13-22,24-26H2,1-12H3,(H,40,42)(H,41,46)/t29?,30-/m0/s1. The Morgan fingerprint density at radius 2 is 1.29 bits per heavy atom. The van der Waals surface area contributed by atoms with E-state index in [-0.39, 0.29) is 51.3 Å². The van der Waals surface area contributed by atoms with Crippen LogP contribution in [0, 0.1) is 10.1 Å². The van der Waals surface area contributed by atoms with Gasteiger partial charge < -0.3 is 29.2 Å². The van der Waals surface area contributed by atoms with Crippen LogP contribution in [0.2, 0.25) is 0 Å². The van der Waals surface area contributed by atoms with Crippen LogP contribution in [0.25, 0.3) is 0 Å². The van der Waals surface area contributed by atoms with Crippen molar-refractivity contribution in [2.75, 3.05) is 39.3 Å². The number of amides is 1. The Hall–Kier alpha value is -4.12. The van der Waals surface area contributed by atoms with Gasteiger partial charge in [-0.15, -0.1) is 0 Å². The van der Waals surface area contributed by atoms with Crippen molar-refractivity contribution in [2.45, 2.75) is 163 Å². The molecular formula is C39H68N6O11. The van der Waals surface area contributed by atoms with Gasteiger partial charge in [-0.3, -0.25) is 43.9 Å². The van der Waals surface area contributed by atoms with E-state index >= 15 is 0 Å². The highest BCUT2D eigenvalue weighted by molar-refractivity contribution is 5.79. The molecule has 0 saturated heterocycles. The molecule has 1 rings (SSSR count). The highest BCUT2D eigenvalue weighted by Gasteiger charge is 2.38. The highest BCUT2D eigenvalue weighted by Crippen LogP contribution is 2.21. The Bertz CT molecular complexity index is 1380. The maximum absolute atomic E-state index is 13.9. The lowest BCUT2D eigenvalue weighted by Crippen LogP contribution is -2.52. The molecule has 1 aromatic heterocycles. The van der Waals surface area contributed by atoms with Gasteiger partial charge in [0, 0.05) is 62.1 Å². The van der Waals surface area contributed by atoms with Crippen molar-refractivity contribution >= 4 is 29.8 Å². The summed E-state index contributed by atoms with van der Waals surface area (Å²) in [7, 11) is 0. The molecule has 0 radical (unpaired) electrons. The summed E-state index contributed by atoms with van der Waals surface area (Å²) in [6, 6.07) is -2.47. The molecule has 0 bridgehead atoms. The number of carbonyl (C=O) groups is 5. The first-order valence-corrected chi connectivity index (χ1v) is 19.3. The average molecular weight is 797 g/mol. The van der Waals surface area contributed by atoms with E-state index in [9.17, 15) is 34.1 Å². The van der Waals surface area contributed by atoms with Crippen LogP contribution in [0.1, 0.15) is 127 Å². The third-order valence-corrected chi connectivity index (χ3v) is 7.63. The Morgan fingerprint density at radius 1 is 0.768 bits per heavy atom. The van der Waals surface area contributed by atoms with Crippen molar-refractivity contribution in [3.63, 3.8) is 0 Å². The first-order chi connectivity index (χ1) is 25.6. The number of aromatic nitrogens is 2. The van der Waals surface area contributed by atoms with Crippen LogP contribution in [0.5, 0.6) is 0 Å². The molecule has 0 aliphatic carbocycles. The lowest BCUT2D eigenvalue weighted by molar-refractivity contribution is -0.525. The summed E-state index contributed by atoms with van der Waals surface area (Å²) in [5.74, 6) is -2.79. The number of nitro groups is 1. The largest absolute Gasteiger partial charge is 0.459 e. The van der Waals surface area contributed by atoms with Crippen molar-refractivity contribution in [1.29, 1.82) is 0 Å². The second-order valence-corrected chi connectivity index (χ2v) is 17.9. The van der Waals surface area contributed by atoms with E-state index in [1.807, 2.05) is 0 Å². The predicted molar refractivity (Wildman–Crippen MR) is 209 cm³/mol. The summed E-state index contributed by atoms with van der Waals surface area (Å²) in [5.41, 5.74) is -2.53. The first kappa shape index (κ1) is 49.9. The number of unbranched alkanes of at least 4 members (excludes halogenated alkanes) is 2. The van der Waals surface area contributed by atoms with E-state index in [1.165, 1.54) is 9.80 Å². The number of nitrogens with zero attached hydrogens (tertiary/aromatic N) is 4. The Balaban J connectivity index is 3.28. The van der Waals surface area contributed by atoms with Crippen LogP contribution in [0.15, 0.2) is 12.5 Å². The van der Waals surface area contributed by atoms with Crippen molar-refractivity contribution in [3.8, 4) is 0 Å². The monoisotopic (exact) mass is 796 g/mol. The molecule has 1 aromatic rings. The lowest BCUT2D eigenvalue weighted by atomic mass is 9.99. The summed E-state index contributed by atoms with van der Waals surface area (Å²) < 4.78 is 22.3. The van der Waals surface area contributed by atoms with Gasteiger partial charge in [0.2, 0.25) is 11.9 Å². The smallest absolute Gasteiger partial charge is 0.324 e. The number of rotatable bonds is 23. The zero-order valence-corrected chi connectivity index (χ0v) is 35.8. The van der Waals surface area contributed by atoms with Gasteiger partial charge in [-0.2, -0.15) is 0 Å². The molecule has 2 atom stereocenters. The molecule has 320 valence electrons. The fourth-order valence-corrected chi connectivity index (χ4v) is 5.50. The lowest BCUT2D eigenvalue weighted by Gasteiger charge is -2.34. The second kappa shape index (κ2) is 22.6. The first-order valence-electron chi connectivity index (χ1n) is 19.3. The number of aromatic amines is 1. The Labute approximate surface area is 332 Å². The Kier molecular flexibility index (Phi) is 20.1. The van der Waals surface area contributed by atoms with Crippen LogP contribution in [0.4, 0.5) is 0 Å². The number of ether oxygens (including phenoxy) is 4. The van der Waals surface area contributed by atoms with Gasteiger partial charge in [-0.05, 0) is 95.9 Å². The predicted octanol–water partition coefficient (Wildman–Crippen LogP) is 4.39. The molecule has 0 fully saturated rings. The maximum atomic E-state index is 13.9. The van der Waals surface area contributed by atoms with E-state index in [0.717, 1.165) is 5.69 Å². The van der Waals surface area contributed by atoms with Crippen molar-refractivity contribution < 1.29 is 47.8 Å². The molecule has 17 heteroatoms. The molecule has 17 nitrogen and oxygen atoms in total. The van der Waals surface area contributed by atoms with Crippen molar-refractivity contribution in [1.82, 2.24) is 25.1 Å². The molecule has 56 heavy (non-hydrogen) atoms. The van der Waals surface area contributed by atoms with Crippen LogP contribution in [-0.2, 0) is 49.3 Å². The van der Waals surface area contributed by atoms with E-state index in [2.05, 4.69) is 15.3 Å². The third kappa shape index (κ3) is 24.4. The van der Waals surface area contributed by atoms with E-state index in [4.69, 9.17) is 18.9 Å². The molecule has 1 unspecified atom stereocenters. The molecule has 0 aliphatic heterocycles. The fourth-order valence-electron chi connectivity index (χ4n) is 5.50. The van der Waals surface area contributed by atoms with Crippen molar-refractivity contribution in [3.05, 3.63) is 28.3 Å². The van der Waals surface area contributed by atoms with Gasteiger partial charge >= 0.3 is 23.9 Å². The number of H-pyrrole nitrogens is 1. The van der Waals surface area contributed by atoms with Gasteiger partial charge in [0.15, 0.2) is 0 Å². The van der Waals surface area contributed by atoms with Crippen LogP contribution in [-0.4, -0.2) is 128 Å². The summed E-state index contributed by atoms with van der Waals surface area (Å²) in [6.45, 7) is 19.6. The summed E-state index contributed by atoms with van der Waals surface area (Å²) in [4.78, 5) is 87.2. The molecule has 2 N–H and O–H groups in total. The van der Waals surface area contributed by atoms with E-state index in [1.54, 1.807) is 95.6 Å². The number of nitrogens with one attached hydrogen (secondary N) is 2. The highest BCUT2D eigenvalue weighted by atomic mass is 16.6. The van der Waals surface area contributed by atoms with Gasteiger partial charge in [0.05, 0.1) is 26.0 Å². The minimum atomic E-state index is -1.28. The molecular weight excluding hydrogens is 728 g/mol. The molecule has 1 amide bonds. The quantitative estimate of drug-likeness (QED) is 0.0517. The molecule has 0 aromatic carbocycles. The molecule has 0 aliphatic rings. The summed E-state index contributed by atoms with van der Waals surface area (Å²) in [6.07, 6.45) is 5.43. The molecule has 1 heterocycles. The maximum Gasteiger partial charge on any atom is 0.324 e. The zero-order chi connectivity index (χ0) is 42.9. The van der Waals surface area contributed by atoms with Crippen LogP contribution >= 0.6 is 0 Å². The summed E-state index contributed by atoms with van der Waals surface area (Å²) in [5, 5.41) is 15.3. The minimum Gasteiger partial charge on any atom is -0.459 e. The van der Waals surface area contributed by atoms with Gasteiger partial charge in [0.1, 0.15) is 28.4 Å². The number of imidazole rings is 1. The van der Waals surface area contributed by atoms with Crippen molar-refractivity contribution in [2.24, 2.45) is 0 Å².